The molecule has 0 fully saturated rings. The fourth-order valence-electron chi connectivity index (χ4n) is 5.64. The first-order valence-corrected chi connectivity index (χ1v) is 48.7. The van der Waals surface area contributed by atoms with Gasteiger partial charge in [0.15, 0.2) is 0 Å². The third kappa shape index (κ3) is 74.6. The molecule has 0 aliphatic heterocycles. The Morgan fingerprint density at radius 1 is 0.234 bits per heavy atom. The Balaban J connectivity index is -0.0000000936. The number of aliphatic hydroxyl groups is 1. The smallest absolute Gasteiger partial charge is 0.214 e. The van der Waals surface area contributed by atoms with Gasteiger partial charge in [-0.15, -0.1) is 0 Å². The van der Waals surface area contributed by atoms with Crippen LogP contribution in [0.1, 0.15) is 209 Å². The maximum atomic E-state index is 10.9. The molecule has 0 rings (SSSR count). The van der Waals surface area contributed by atoms with Crippen molar-refractivity contribution in [1.29, 1.82) is 0 Å². The lowest BCUT2D eigenvalue weighted by atomic mass is 10.2. The van der Waals surface area contributed by atoms with Gasteiger partial charge in [0.05, 0.1) is 120 Å². The van der Waals surface area contributed by atoms with E-state index in [0.29, 0.717) is 19.8 Å². The van der Waals surface area contributed by atoms with Crippen LogP contribution in [0, 0.1) is 5.92 Å². The molecule has 21 N–H and O–H groups in total. The van der Waals surface area contributed by atoms with Crippen molar-refractivity contribution >= 4 is 100 Å². The summed E-state index contributed by atoms with van der Waals surface area (Å²) in [5.41, 5.74) is 0. The highest BCUT2D eigenvalue weighted by molar-refractivity contribution is 7.92. The molecule has 0 aliphatic carbocycles. The summed E-state index contributed by atoms with van der Waals surface area (Å²) in [5.74, 6) is 0.0972. The second kappa shape index (κ2) is 61.2. The molecule has 0 saturated heterocycles. The van der Waals surface area contributed by atoms with Gasteiger partial charge < -0.3 is 43.0 Å². The van der Waals surface area contributed by atoms with Crippen LogP contribution in [0.4, 0.5) is 0 Å². The minimum Gasteiger partial charge on any atom is -0.392 e. The molecule has 0 radical (unpaired) electrons. The number of methoxy groups -OCH3 is 3. The van der Waals surface area contributed by atoms with Crippen LogP contribution >= 0.6 is 0 Å². The van der Waals surface area contributed by atoms with Crippen LogP contribution in [0.25, 0.3) is 0 Å². The van der Waals surface area contributed by atoms with Crippen molar-refractivity contribution in [3.63, 3.8) is 0 Å². The lowest BCUT2D eigenvalue weighted by Gasteiger charge is -2.20. The first-order chi connectivity index (χ1) is 46.1. The molecule has 0 unspecified atom stereocenters. The Labute approximate surface area is 649 Å². The van der Waals surface area contributed by atoms with Crippen molar-refractivity contribution in [3.05, 3.63) is 0 Å². The molecule has 39 nitrogen and oxygen atoms in total. The predicted octanol–water partition coefficient (Wildman–Crippen LogP) is 0.950. The summed E-state index contributed by atoms with van der Waals surface area (Å²) in [6.45, 7) is 48.1. The maximum Gasteiger partial charge on any atom is 0.214 e. The molecular formula is C58H150N10O29S10. The van der Waals surface area contributed by atoms with Gasteiger partial charge in [-0.25, -0.2) is 136 Å². The topological polar surface area (TPSA) is 696 Å². The number of primary sulfonamides is 10. The van der Waals surface area contributed by atoms with Crippen molar-refractivity contribution in [2.75, 3.05) is 41.2 Å². The van der Waals surface area contributed by atoms with Crippen LogP contribution in [0.2, 0.25) is 0 Å². The molecule has 0 heterocycles. The summed E-state index contributed by atoms with van der Waals surface area (Å²) in [7, 11) is -30.1. The van der Waals surface area contributed by atoms with Gasteiger partial charge in [-0.05, 0) is 186 Å². The SMILES string of the molecule is C.C.CC(C)O[C@@H](C)[C@H](C)S(N)(=O)=O.CC(C)O[C@H](C)[C@H](C)S(N)(=O)=O.CC(C)[C@H](C)S(N)(=O)=O.CCO[C@@H](C)[C@H](C)S(N)(=O)=O.CCO[C@H](C)[C@@H](C)S(N)(=O)=O.CCO[C@H](C)[C@H](C)S(N)(=O)=O.CO[C@@H](C)[C@@H](C)S(N)(=O)=O.CO[C@H](C)[C@@H](C)S(N)(=O)=O.CO[C@H](C)[C@H](C)S(N)(=O)=O.C[C@@H](O)[C@H](C)S(N)(=O)=O. The molecule has 19 atom stereocenters. The van der Waals surface area contributed by atoms with Crippen LogP contribution in [-0.4, -0.2) is 250 Å². The van der Waals surface area contributed by atoms with E-state index in [4.69, 9.17) is 94.4 Å². The zero-order valence-corrected chi connectivity index (χ0v) is 75.7. The second-order valence-corrected chi connectivity index (χ2v) is 44.2. The molecule has 666 valence electrons. The van der Waals surface area contributed by atoms with E-state index in [9.17, 15) is 84.2 Å². The second-order valence-electron chi connectivity index (χ2n) is 25.0. The van der Waals surface area contributed by atoms with Gasteiger partial charge in [0.1, 0.15) is 0 Å². The number of sulfonamides is 10. The highest BCUT2D eigenvalue weighted by atomic mass is 32.2. The first kappa shape index (κ1) is 132. The number of hydrogen-bond donors (Lipinski definition) is 11. The summed E-state index contributed by atoms with van der Waals surface area (Å²) in [5, 5.41) is 50.9. The Kier molecular flexibility index (Phi) is 75.5. The monoisotopic (exact) mass is 1770 g/mol. The summed E-state index contributed by atoms with van der Waals surface area (Å²) < 4.78 is 254. The van der Waals surface area contributed by atoms with Gasteiger partial charge >= 0.3 is 0 Å². The summed E-state index contributed by atoms with van der Waals surface area (Å²) in [6, 6.07) is 0. The lowest BCUT2D eigenvalue weighted by Crippen LogP contribution is -2.37. The van der Waals surface area contributed by atoms with E-state index >= 15 is 0 Å². The van der Waals surface area contributed by atoms with Gasteiger partial charge in [-0.3, -0.25) is 0 Å². The quantitative estimate of drug-likeness (QED) is 0.0436. The highest BCUT2D eigenvalue weighted by Gasteiger charge is 2.29. The molecule has 107 heavy (non-hydrogen) atoms. The van der Waals surface area contributed by atoms with E-state index in [1.54, 1.807) is 76.2 Å². The van der Waals surface area contributed by atoms with Crippen LogP contribution < -0.4 is 51.4 Å². The number of rotatable bonds is 33. The molecule has 0 aromatic carbocycles. The molecule has 0 bridgehead atoms. The van der Waals surface area contributed by atoms with Crippen LogP contribution in [0.5, 0.6) is 0 Å². The number of aliphatic hydroxyl groups excluding tert-OH is 1. The fraction of sp³-hybridized carbons (Fsp3) is 1.00. The lowest BCUT2D eigenvalue weighted by molar-refractivity contribution is 0.0187. The van der Waals surface area contributed by atoms with Gasteiger partial charge in [-0.2, -0.15) is 0 Å². The van der Waals surface area contributed by atoms with E-state index in [1.807, 2.05) is 62.3 Å². The van der Waals surface area contributed by atoms with Gasteiger partial charge in [-0.1, -0.05) is 28.7 Å². The number of ether oxygens (including phenoxy) is 8. The van der Waals surface area contributed by atoms with E-state index in [-0.39, 0.29) is 81.8 Å². The highest BCUT2D eigenvalue weighted by Crippen LogP contribution is 2.12. The normalized spacial score (nSPS) is 17.6. The van der Waals surface area contributed by atoms with Crippen LogP contribution in [0.3, 0.4) is 0 Å². The zero-order chi connectivity index (χ0) is 87.5. The molecule has 0 aromatic rings. The van der Waals surface area contributed by atoms with Crippen molar-refractivity contribution in [2.45, 2.75) is 328 Å². The average molecular weight is 1770 g/mol. The van der Waals surface area contributed by atoms with E-state index < -0.39 is 159 Å². The van der Waals surface area contributed by atoms with Crippen molar-refractivity contribution < 1.29 is 127 Å². The van der Waals surface area contributed by atoms with Crippen molar-refractivity contribution in [1.82, 2.24) is 0 Å². The average Bonchev–Trinajstić information content (AvgIpc) is 0.896. The number of nitrogens with two attached hydrogens (primary N) is 10. The molecule has 0 aliphatic rings. The van der Waals surface area contributed by atoms with Crippen LogP contribution in [0.15, 0.2) is 0 Å². The molecule has 0 saturated carbocycles. The minimum absolute atomic E-state index is 0. The maximum absolute atomic E-state index is 10.9. The molecular weight excluding hydrogens is 1620 g/mol. The zero-order valence-electron chi connectivity index (χ0n) is 67.6. The Morgan fingerprint density at radius 2 is 0.364 bits per heavy atom. The van der Waals surface area contributed by atoms with E-state index in [1.165, 1.54) is 76.7 Å². The summed E-state index contributed by atoms with van der Waals surface area (Å²) >= 11 is 0. The molecule has 0 aromatic heterocycles. The Bertz CT molecular complexity index is 3150. The predicted molar refractivity (Wildman–Crippen MR) is 430 cm³/mol. The molecule has 0 spiro atoms. The van der Waals surface area contributed by atoms with Crippen molar-refractivity contribution in [3.8, 4) is 0 Å². The fourth-order valence-corrected chi connectivity index (χ4v) is 11.9. The standard InChI is InChI=1S/2C7H17NO3S.3C6H15NO3S.3C5H13NO3S.C5H13NO2S.C4H11NO3S.2CH4/c2*1-5(2)11-6(3)7(4)12(8,9)10;3*1-4-10-5(2)6(3)11(7,8)9;3*1-4(9-3)5(2)10(6,7)8;1-4(2)5(3)9(6,7)8;1-3(6)4(2)9(5,7)8;;/h2*5-7H,1-4H3,(H2,8,9,10);3*5-6H,4H2,1-3H3,(H2,7,8,9);3*4-5H,1-3H3,(H2,6,7,8);4-5H,1-3H3,(H2,6,7,8);3-4,6H,1-2H3,(H2,5,7,8);2*1H4/t6-,7+;6-,7-;5-,6+;2*5-,6-;2*4-,5+;4-,5-;5-;3-,4+;;/m1011010101../s1. The minimum atomic E-state index is -3.55. The first-order valence-electron chi connectivity index (χ1n) is 32.6. The summed E-state index contributed by atoms with van der Waals surface area (Å²) in [6.07, 6.45) is -3.66. The van der Waals surface area contributed by atoms with Gasteiger partial charge in [0.2, 0.25) is 100 Å². The largest absolute Gasteiger partial charge is 0.392 e. The Hall–Kier alpha value is -1.26. The van der Waals surface area contributed by atoms with Crippen molar-refractivity contribution in [2.24, 2.45) is 57.3 Å². The molecule has 0 amide bonds. The third-order valence-electron chi connectivity index (χ3n) is 15.5. The van der Waals surface area contributed by atoms with Gasteiger partial charge in [0, 0.05) is 41.2 Å². The van der Waals surface area contributed by atoms with E-state index in [0.717, 1.165) is 0 Å². The summed E-state index contributed by atoms with van der Waals surface area (Å²) in [4.78, 5) is 0. The molecule has 49 heteroatoms. The van der Waals surface area contributed by atoms with Gasteiger partial charge in [0.25, 0.3) is 0 Å². The Morgan fingerprint density at radius 3 is 0.430 bits per heavy atom. The van der Waals surface area contributed by atoms with E-state index in [2.05, 4.69) is 0 Å². The number of hydrogen-bond acceptors (Lipinski definition) is 29. The van der Waals surface area contributed by atoms with Crippen LogP contribution in [-0.2, 0) is 138 Å². The third-order valence-corrected chi connectivity index (χ3v) is 29.8.